The van der Waals surface area contributed by atoms with Crippen LogP contribution in [0.25, 0.3) is 0 Å². The Morgan fingerprint density at radius 2 is 1.57 bits per heavy atom. The third kappa shape index (κ3) is 4.55. The first-order valence-corrected chi connectivity index (χ1v) is 10.5. The predicted molar refractivity (Wildman–Crippen MR) is 117 cm³/mol. The molecule has 0 unspecified atom stereocenters. The second-order valence-electron chi connectivity index (χ2n) is 8.33. The van der Waals surface area contributed by atoms with Gasteiger partial charge in [-0.05, 0) is 57.0 Å². The van der Waals surface area contributed by atoms with Crippen molar-refractivity contribution in [3.05, 3.63) is 36.0 Å². The molecule has 1 aromatic carbocycles. The molecule has 0 atom stereocenters. The SMILES string of the molecule is Cc1cc(Nc2ccc(N3CCN(C)CC3)cc2)nc(N2CCC(C)CC2)n1. The highest BCUT2D eigenvalue weighted by atomic mass is 15.3. The average molecular weight is 381 g/mol. The van der Waals surface area contributed by atoms with Gasteiger partial charge in [0, 0.05) is 62.4 Å². The number of hydrogen-bond donors (Lipinski definition) is 1. The van der Waals surface area contributed by atoms with E-state index >= 15 is 0 Å². The summed E-state index contributed by atoms with van der Waals surface area (Å²) in [7, 11) is 2.19. The number of hydrogen-bond acceptors (Lipinski definition) is 6. The largest absolute Gasteiger partial charge is 0.369 e. The lowest BCUT2D eigenvalue weighted by Gasteiger charge is -2.34. The molecule has 0 saturated carbocycles. The Morgan fingerprint density at radius 3 is 2.25 bits per heavy atom. The summed E-state index contributed by atoms with van der Waals surface area (Å²) in [6, 6.07) is 10.7. The summed E-state index contributed by atoms with van der Waals surface area (Å²) in [4.78, 5) is 16.6. The molecule has 2 aromatic rings. The summed E-state index contributed by atoms with van der Waals surface area (Å²) < 4.78 is 0. The van der Waals surface area contributed by atoms with Gasteiger partial charge < -0.3 is 20.0 Å². The highest BCUT2D eigenvalue weighted by Crippen LogP contribution is 2.24. The smallest absolute Gasteiger partial charge is 0.227 e. The van der Waals surface area contributed by atoms with E-state index in [0.717, 1.165) is 68.3 Å². The van der Waals surface area contributed by atoms with Crippen molar-refractivity contribution in [1.82, 2.24) is 14.9 Å². The minimum absolute atomic E-state index is 0.803. The van der Waals surface area contributed by atoms with Crippen molar-refractivity contribution in [3.63, 3.8) is 0 Å². The molecular formula is C22H32N6. The third-order valence-electron chi connectivity index (χ3n) is 5.92. The van der Waals surface area contributed by atoms with Crippen molar-refractivity contribution < 1.29 is 0 Å². The van der Waals surface area contributed by atoms with E-state index in [1.807, 2.05) is 13.0 Å². The molecule has 4 rings (SSSR count). The van der Waals surface area contributed by atoms with Crippen molar-refractivity contribution in [2.24, 2.45) is 5.92 Å². The van der Waals surface area contributed by atoms with Gasteiger partial charge in [-0.1, -0.05) is 6.92 Å². The maximum atomic E-state index is 4.79. The third-order valence-corrected chi connectivity index (χ3v) is 5.92. The number of likely N-dealkylation sites (N-methyl/N-ethyl adjacent to an activating group) is 1. The minimum Gasteiger partial charge on any atom is -0.369 e. The van der Waals surface area contributed by atoms with Crippen LogP contribution >= 0.6 is 0 Å². The lowest BCUT2D eigenvalue weighted by atomic mass is 10.00. The van der Waals surface area contributed by atoms with E-state index in [2.05, 4.69) is 63.2 Å². The lowest BCUT2D eigenvalue weighted by Crippen LogP contribution is -2.44. The Hall–Kier alpha value is -2.34. The first kappa shape index (κ1) is 19.0. The highest BCUT2D eigenvalue weighted by Gasteiger charge is 2.19. The Morgan fingerprint density at radius 1 is 0.893 bits per heavy atom. The minimum atomic E-state index is 0.803. The van der Waals surface area contributed by atoms with Gasteiger partial charge in [0.25, 0.3) is 0 Å². The van der Waals surface area contributed by atoms with E-state index in [4.69, 9.17) is 4.98 Å². The summed E-state index contributed by atoms with van der Waals surface area (Å²) in [6.07, 6.45) is 2.43. The maximum absolute atomic E-state index is 4.79. The standard InChI is InChI=1S/C22H32N6/c1-17-8-10-28(11-9-17)22-23-18(2)16-21(25-22)24-19-4-6-20(7-5-19)27-14-12-26(3)13-15-27/h4-7,16-17H,8-15H2,1-3H3,(H,23,24,25). The van der Waals surface area contributed by atoms with Crippen molar-refractivity contribution >= 4 is 23.1 Å². The van der Waals surface area contributed by atoms with E-state index in [-0.39, 0.29) is 0 Å². The molecule has 150 valence electrons. The van der Waals surface area contributed by atoms with Crippen LogP contribution in [-0.2, 0) is 0 Å². The molecule has 1 aromatic heterocycles. The van der Waals surface area contributed by atoms with Crippen LogP contribution < -0.4 is 15.1 Å². The van der Waals surface area contributed by atoms with Crippen LogP contribution in [0.1, 0.15) is 25.5 Å². The number of piperazine rings is 1. The van der Waals surface area contributed by atoms with E-state index < -0.39 is 0 Å². The predicted octanol–water partition coefficient (Wildman–Crippen LogP) is 3.52. The molecule has 0 radical (unpaired) electrons. The van der Waals surface area contributed by atoms with Crippen molar-refractivity contribution in [1.29, 1.82) is 0 Å². The molecule has 2 saturated heterocycles. The fourth-order valence-corrected chi connectivity index (χ4v) is 3.94. The monoisotopic (exact) mass is 380 g/mol. The van der Waals surface area contributed by atoms with Crippen LogP contribution in [0.5, 0.6) is 0 Å². The molecule has 28 heavy (non-hydrogen) atoms. The first-order valence-electron chi connectivity index (χ1n) is 10.5. The number of nitrogens with one attached hydrogen (secondary N) is 1. The second kappa shape index (κ2) is 8.35. The molecule has 2 fully saturated rings. The number of rotatable bonds is 4. The average Bonchev–Trinajstić information content (AvgIpc) is 2.69. The van der Waals surface area contributed by atoms with Crippen LogP contribution in [0.2, 0.25) is 0 Å². The van der Waals surface area contributed by atoms with Crippen molar-refractivity contribution in [2.45, 2.75) is 26.7 Å². The molecule has 2 aliphatic rings. The van der Waals surface area contributed by atoms with E-state index in [0.29, 0.717) is 0 Å². The number of nitrogens with zero attached hydrogens (tertiary/aromatic N) is 5. The van der Waals surface area contributed by atoms with E-state index in [1.54, 1.807) is 0 Å². The van der Waals surface area contributed by atoms with E-state index in [9.17, 15) is 0 Å². The molecule has 0 aliphatic carbocycles. The summed E-state index contributed by atoms with van der Waals surface area (Å²) in [5.41, 5.74) is 3.36. The topological polar surface area (TPSA) is 47.5 Å². The van der Waals surface area contributed by atoms with Crippen LogP contribution in [-0.4, -0.2) is 61.2 Å². The van der Waals surface area contributed by atoms with Gasteiger partial charge >= 0.3 is 0 Å². The number of anilines is 4. The molecular weight excluding hydrogens is 348 g/mol. The summed E-state index contributed by atoms with van der Waals surface area (Å²) in [6.45, 7) is 10.9. The Kier molecular flexibility index (Phi) is 5.67. The first-order chi connectivity index (χ1) is 13.6. The van der Waals surface area contributed by atoms with Crippen LogP contribution in [0.3, 0.4) is 0 Å². The summed E-state index contributed by atoms with van der Waals surface area (Å²) in [5.74, 6) is 2.52. The fourth-order valence-electron chi connectivity index (χ4n) is 3.94. The normalized spacial score (nSPS) is 19.1. The van der Waals surface area contributed by atoms with Gasteiger partial charge in [-0.15, -0.1) is 0 Å². The maximum Gasteiger partial charge on any atom is 0.227 e. The van der Waals surface area contributed by atoms with Crippen molar-refractivity contribution in [2.75, 3.05) is 61.4 Å². The van der Waals surface area contributed by atoms with Crippen LogP contribution in [0, 0.1) is 12.8 Å². The zero-order valence-electron chi connectivity index (χ0n) is 17.4. The van der Waals surface area contributed by atoms with Crippen molar-refractivity contribution in [3.8, 4) is 0 Å². The van der Waals surface area contributed by atoms with Gasteiger partial charge in [-0.2, -0.15) is 4.98 Å². The second-order valence-corrected chi connectivity index (χ2v) is 8.33. The molecule has 2 aliphatic heterocycles. The van der Waals surface area contributed by atoms with Gasteiger partial charge in [0.05, 0.1) is 0 Å². The van der Waals surface area contributed by atoms with E-state index in [1.165, 1.54) is 18.5 Å². The number of piperidine rings is 1. The number of aromatic nitrogens is 2. The molecule has 1 N–H and O–H groups in total. The van der Waals surface area contributed by atoms with Crippen LogP contribution in [0.15, 0.2) is 30.3 Å². The Bertz CT molecular complexity index is 774. The van der Waals surface area contributed by atoms with Gasteiger partial charge in [-0.3, -0.25) is 0 Å². The molecule has 0 amide bonds. The molecule has 3 heterocycles. The Labute approximate surface area is 168 Å². The van der Waals surface area contributed by atoms with Gasteiger partial charge in [0.15, 0.2) is 0 Å². The quantitative estimate of drug-likeness (QED) is 0.876. The molecule has 0 bridgehead atoms. The fraction of sp³-hybridized carbons (Fsp3) is 0.545. The number of aryl methyl sites for hydroxylation is 1. The highest BCUT2D eigenvalue weighted by molar-refractivity contribution is 5.62. The Balaban J connectivity index is 1.43. The van der Waals surface area contributed by atoms with Gasteiger partial charge in [0.1, 0.15) is 5.82 Å². The molecule has 6 heteroatoms. The zero-order valence-corrected chi connectivity index (χ0v) is 17.4. The van der Waals surface area contributed by atoms with Gasteiger partial charge in [-0.25, -0.2) is 4.98 Å². The summed E-state index contributed by atoms with van der Waals surface area (Å²) >= 11 is 0. The van der Waals surface area contributed by atoms with Crippen LogP contribution in [0.4, 0.5) is 23.1 Å². The molecule has 6 nitrogen and oxygen atoms in total. The number of benzene rings is 1. The lowest BCUT2D eigenvalue weighted by molar-refractivity contribution is 0.313. The van der Waals surface area contributed by atoms with Gasteiger partial charge in [0.2, 0.25) is 5.95 Å². The molecule has 0 spiro atoms. The summed E-state index contributed by atoms with van der Waals surface area (Å²) in [5, 5.41) is 3.47. The zero-order chi connectivity index (χ0) is 19.5.